The Balaban J connectivity index is 2.89. The maximum absolute atomic E-state index is 12.3. The van der Waals surface area contributed by atoms with E-state index >= 15 is 0 Å². The van der Waals surface area contributed by atoms with Crippen LogP contribution < -0.4 is 0 Å². The van der Waals surface area contributed by atoms with Gasteiger partial charge < -0.3 is 14.9 Å². The highest BCUT2D eigenvalue weighted by atomic mass is 16.4. The molecule has 0 aliphatic heterocycles. The second-order valence-electron chi connectivity index (χ2n) is 4.66. The molecule has 0 bridgehead atoms. The van der Waals surface area contributed by atoms with Crippen molar-refractivity contribution in [2.45, 2.75) is 0 Å². The average molecular weight is 277 g/mol. The average Bonchev–Trinajstić information content (AvgIpc) is 2.41. The minimum Gasteiger partial charge on any atom is -0.478 e. The highest BCUT2D eigenvalue weighted by Crippen LogP contribution is 2.11. The lowest BCUT2D eigenvalue weighted by Crippen LogP contribution is -2.33. The molecule has 0 atom stereocenters. The molecule has 0 radical (unpaired) electrons. The highest BCUT2D eigenvalue weighted by molar-refractivity contribution is 5.98. The number of hydrogen-bond acceptors (Lipinski definition) is 4. The SMILES string of the molecule is CN(C)CCN(C)C(=O)c1ccncc1C=CC(=O)O. The van der Waals surface area contributed by atoms with E-state index in [0.29, 0.717) is 17.7 Å². The van der Waals surface area contributed by atoms with Gasteiger partial charge >= 0.3 is 5.97 Å². The minimum absolute atomic E-state index is 0.153. The Bertz CT molecular complexity index is 512. The van der Waals surface area contributed by atoms with Gasteiger partial charge in [0.15, 0.2) is 0 Å². The van der Waals surface area contributed by atoms with Crippen molar-refractivity contribution in [1.29, 1.82) is 0 Å². The van der Waals surface area contributed by atoms with Crippen molar-refractivity contribution in [3.63, 3.8) is 0 Å². The van der Waals surface area contributed by atoms with Gasteiger partial charge in [-0.25, -0.2) is 4.79 Å². The van der Waals surface area contributed by atoms with E-state index in [4.69, 9.17) is 5.11 Å². The van der Waals surface area contributed by atoms with Gasteiger partial charge in [0.2, 0.25) is 0 Å². The Morgan fingerprint density at radius 3 is 2.60 bits per heavy atom. The summed E-state index contributed by atoms with van der Waals surface area (Å²) in [5, 5.41) is 8.65. The van der Waals surface area contributed by atoms with Gasteiger partial charge in [-0.1, -0.05) is 0 Å². The van der Waals surface area contributed by atoms with E-state index in [1.165, 1.54) is 18.5 Å². The number of carbonyl (C=O) groups excluding carboxylic acids is 1. The van der Waals surface area contributed by atoms with Gasteiger partial charge in [-0.3, -0.25) is 9.78 Å². The number of pyridine rings is 1. The van der Waals surface area contributed by atoms with Crippen LogP contribution in [0.15, 0.2) is 24.5 Å². The van der Waals surface area contributed by atoms with Crippen molar-refractivity contribution in [1.82, 2.24) is 14.8 Å². The molecule has 0 aliphatic carbocycles. The monoisotopic (exact) mass is 277 g/mol. The van der Waals surface area contributed by atoms with Gasteiger partial charge in [0.25, 0.3) is 5.91 Å². The topological polar surface area (TPSA) is 73.7 Å². The minimum atomic E-state index is -1.06. The fraction of sp³-hybridized carbons (Fsp3) is 0.357. The largest absolute Gasteiger partial charge is 0.478 e. The molecule has 1 aromatic rings. The molecule has 1 heterocycles. The lowest BCUT2D eigenvalue weighted by molar-refractivity contribution is -0.131. The maximum Gasteiger partial charge on any atom is 0.328 e. The number of hydrogen-bond donors (Lipinski definition) is 1. The van der Waals surface area contributed by atoms with Gasteiger partial charge in [0.05, 0.1) is 0 Å². The molecule has 0 fully saturated rings. The molecule has 108 valence electrons. The molecule has 0 aromatic carbocycles. The van der Waals surface area contributed by atoms with Crippen LogP contribution in [0.2, 0.25) is 0 Å². The van der Waals surface area contributed by atoms with E-state index in [9.17, 15) is 9.59 Å². The van der Waals surface area contributed by atoms with Crippen LogP contribution in [0.1, 0.15) is 15.9 Å². The third-order valence-corrected chi connectivity index (χ3v) is 2.72. The molecular formula is C14H19N3O3. The summed E-state index contributed by atoms with van der Waals surface area (Å²) in [6.45, 7) is 1.35. The van der Waals surface area contributed by atoms with Crippen LogP contribution in [-0.4, -0.2) is 66.0 Å². The van der Waals surface area contributed by atoms with Crippen LogP contribution in [0.3, 0.4) is 0 Å². The lowest BCUT2D eigenvalue weighted by atomic mass is 10.1. The second-order valence-corrected chi connectivity index (χ2v) is 4.66. The fourth-order valence-corrected chi connectivity index (χ4v) is 1.55. The van der Waals surface area contributed by atoms with Crippen molar-refractivity contribution >= 4 is 18.0 Å². The number of carboxylic acids is 1. The third kappa shape index (κ3) is 4.81. The zero-order valence-electron chi connectivity index (χ0n) is 11.9. The molecule has 1 amide bonds. The molecule has 0 saturated carbocycles. The predicted molar refractivity (Wildman–Crippen MR) is 76.4 cm³/mol. The first-order chi connectivity index (χ1) is 9.41. The zero-order valence-corrected chi connectivity index (χ0v) is 11.9. The van der Waals surface area contributed by atoms with Crippen LogP contribution in [0.5, 0.6) is 0 Å². The first kappa shape index (κ1) is 15.8. The van der Waals surface area contributed by atoms with E-state index in [-0.39, 0.29) is 5.91 Å². The number of nitrogens with zero attached hydrogens (tertiary/aromatic N) is 3. The first-order valence-electron chi connectivity index (χ1n) is 6.17. The standard InChI is InChI=1S/C14H19N3O3/c1-16(2)8-9-17(3)14(20)12-6-7-15-10-11(12)4-5-13(18)19/h4-7,10H,8-9H2,1-3H3,(H,18,19). The fourth-order valence-electron chi connectivity index (χ4n) is 1.55. The predicted octanol–water partition coefficient (Wildman–Crippen LogP) is 0.813. The Kier molecular flexibility index (Phi) is 5.86. The number of rotatable bonds is 6. The Morgan fingerprint density at radius 1 is 1.30 bits per heavy atom. The van der Waals surface area contributed by atoms with Crippen molar-refractivity contribution in [3.8, 4) is 0 Å². The molecule has 0 saturated heterocycles. The molecular weight excluding hydrogens is 258 g/mol. The van der Waals surface area contributed by atoms with Crippen LogP contribution in [0.4, 0.5) is 0 Å². The van der Waals surface area contributed by atoms with Crippen LogP contribution in [-0.2, 0) is 4.79 Å². The van der Waals surface area contributed by atoms with Gasteiger partial charge in [0, 0.05) is 49.7 Å². The molecule has 1 N–H and O–H groups in total. The summed E-state index contributed by atoms with van der Waals surface area (Å²) in [7, 11) is 5.59. The Hall–Kier alpha value is -2.21. The number of aliphatic carboxylic acids is 1. The van der Waals surface area contributed by atoms with E-state index in [1.807, 2.05) is 19.0 Å². The second kappa shape index (κ2) is 7.40. The van der Waals surface area contributed by atoms with E-state index < -0.39 is 5.97 Å². The summed E-state index contributed by atoms with van der Waals surface area (Å²) < 4.78 is 0. The van der Waals surface area contributed by atoms with Gasteiger partial charge in [-0.05, 0) is 26.2 Å². The summed E-state index contributed by atoms with van der Waals surface area (Å²) in [6.07, 6.45) is 5.37. The summed E-state index contributed by atoms with van der Waals surface area (Å²) in [4.78, 5) is 30.4. The molecule has 6 nitrogen and oxygen atoms in total. The molecule has 1 aromatic heterocycles. The van der Waals surface area contributed by atoms with Gasteiger partial charge in [-0.2, -0.15) is 0 Å². The Morgan fingerprint density at radius 2 is 2.00 bits per heavy atom. The molecule has 6 heteroatoms. The highest BCUT2D eigenvalue weighted by Gasteiger charge is 2.14. The first-order valence-corrected chi connectivity index (χ1v) is 6.17. The summed E-state index contributed by atoms with van der Waals surface area (Å²) in [6, 6.07) is 1.59. The zero-order chi connectivity index (χ0) is 15.1. The van der Waals surface area contributed by atoms with Crippen molar-refractivity contribution in [2.24, 2.45) is 0 Å². The Labute approximate surface area is 118 Å². The smallest absolute Gasteiger partial charge is 0.328 e. The number of amides is 1. The van der Waals surface area contributed by atoms with E-state index in [0.717, 1.165) is 12.6 Å². The number of likely N-dealkylation sites (N-methyl/N-ethyl adjacent to an activating group) is 2. The molecule has 0 spiro atoms. The van der Waals surface area contributed by atoms with E-state index in [1.54, 1.807) is 18.0 Å². The van der Waals surface area contributed by atoms with Crippen LogP contribution in [0, 0.1) is 0 Å². The third-order valence-electron chi connectivity index (χ3n) is 2.72. The van der Waals surface area contributed by atoms with Crippen molar-refractivity contribution < 1.29 is 14.7 Å². The van der Waals surface area contributed by atoms with Gasteiger partial charge in [-0.15, -0.1) is 0 Å². The summed E-state index contributed by atoms with van der Waals surface area (Å²) in [5.41, 5.74) is 0.940. The van der Waals surface area contributed by atoms with Gasteiger partial charge in [0.1, 0.15) is 0 Å². The number of carboxylic acid groups (broad SMARTS) is 1. The maximum atomic E-state index is 12.3. The van der Waals surface area contributed by atoms with Crippen molar-refractivity contribution in [2.75, 3.05) is 34.2 Å². The van der Waals surface area contributed by atoms with Crippen molar-refractivity contribution in [3.05, 3.63) is 35.7 Å². The normalized spacial score (nSPS) is 11.0. The summed E-state index contributed by atoms with van der Waals surface area (Å²) in [5.74, 6) is -1.22. The number of aromatic nitrogens is 1. The lowest BCUT2D eigenvalue weighted by Gasteiger charge is -2.20. The molecule has 0 unspecified atom stereocenters. The number of carbonyl (C=O) groups is 2. The van der Waals surface area contributed by atoms with Crippen LogP contribution >= 0.6 is 0 Å². The quantitative estimate of drug-likeness (QED) is 0.779. The van der Waals surface area contributed by atoms with E-state index in [2.05, 4.69) is 4.98 Å². The van der Waals surface area contributed by atoms with Crippen LogP contribution in [0.25, 0.3) is 6.08 Å². The molecule has 0 aliphatic rings. The molecule has 20 heavy (non-hydrogen) atoms. The summed E-state index contributed by atoms with van der Waals surface area (Å²) >= 11 is 0. The molecule has 1 rings (SSSR count).